The van der Waals surface area contributed by atoms with Gasteiger partial charge in [-0.25, -0.2) is 17.6 Å². The van der Waals surface area contributed by atoms with Crippen LogP contribution in [0.3, 0.4) is 0 Å². The molecule has 0 amide bonds. The zero-order chi connectivity index (χ0) is 24.5. The van der Waals surface area contributed by atoms with Crippen LogP contribution in [-0.2, 0) is 10.8 Å². The summed E-state index contributed by atoms with van der Waals surface area (Å²) in [6.45, 7) is 2.15. The van der Waals surface area contributed by atoms with Crippen molar-refractivity contribution in [1.82, 2.24) is 0 Å². The topological polar surface area (TPSA) is 18.5 Å². The monoisotopic (exact) mass is 486 g/mol. The summed E-state index contributed by atoms with van der Waals surface area (Å²) in [6.07, 6.45) is 4.30. The van der Waals surface area contributed by atoms with Gasteiger partial charge < -0.3 is 9.47 Å². The number of alkyl halides is 2. The summed E-state index contributed by atoms with van der Waals surface area (Å²) in [4.78, 5) is 0. The molecule has 1 saturated heterocycles. The first-order valence-electron chi connectivity index (χ1n) is 11.8. The van der Waals surface area contributed by atoms with Crippen molar-refractivity contribution in [3.63, 3.8) is 0 Å². The molecule has 2 aliphatic rings. The second kappa shape index (κ2) is 10.2. The minimum Gasteiger partial charge on any atom is -0.429 e. The first kappa shape index (κ1) is 24.9. The summed E-state index contributed by atoms with van der Waals surface area (Å²) in [7, 11) is 0. The Bertz CT molecular complexity index is 980. The highest BCUT2D eigenvalue weighted by Gasteiger charge is 2.39. The SMILES string of the molecule is CCCC1CCC(C2CCC(c3ccc(C(F)(F)Oc4cc(F)c(F)c(F)c4)c(F)c3)CC2)O1. The lowest BCUT2D eigenvalue weighted by molar-refractivity contribution is -0.187. The van der Waals surface area contributed by atoms with E-state index in [1.54, 1.807) is 0 Å². The average molecular weight is 486 g/mol. The molecule has 2 unspecified atom stereocenters. The highest BCUT2D eigenvalue weighted by atomic mass is 19.3. The van der Waals surface area contributed by atoms with Gasteiger partial charge in [0.05, 0.1) is 17.8 Å². The Morgan fingerprint density at radius 3 is 2.18 bits per heavy atom. The molecular weight excluding hydrogens is 458 g/mol. The lowest BCUT2D eigenvalue weighted by Gasteiger charge is -2.32. The molecule has 0 aromatic heterocycles. The first-order chi connectivity index (χ1) is 16.2. The van der Waals surface area contributed by atoms with E-state index >= 15 is 0 Å². The molecule has 4 rings (SSSR count). The van der Waals surface area contributed by atoms with Crippen LogP contribution in [0.2, 0.25) is 0 Å². The van der Waals surface area contributed by atoms with Gasteiger partial charge in [-0.3, -0.25) is 0 Å². The molecule has 2 atom stereocenters. The predicted molar refractivity (Wildman–Crippen MR) is 115 cm³/mol. The van der Waals surface area contributed by atoms with Crippen LogP contribution in [-0.4, -0.2) is 12.2 Å². The molecule has 2 fully saturated rings. The van der Waals surface area contributed by atoms with Crippen molar-refractivity contribution in [2.45, 2.75) is 82.5 Å². The summed E-state index contributed by atoms with van der Waals surface area (Å²) in [6, 6.07) is 4.02. The van der Waals surface area contributed by atoms with E-state index in [0.29, 0.717) is 17.6 Å². The smallest absolute Gasteiger partial charge is 0.429 e. The molecule has 0 bridgehead atoms. The molecule has 0 spiro atoms. The number of ether oxygens (including phenoxy) is 2. The van der Waals surface area contributed by atoms with E-state index in [2.05, 4.69) is 11.7 Å². The van der Waals surface area contributed by atoms with Crippen LogP contribution in [0.25, 0.3) is 0 Å². The summed E-state index contributed by atoms with van der Waals surface area (Å²) in [5.74, 6) is -6.75. The lowest BCUT2D eigenvalue weighted by atomic mass is 9.76. The highest BCUT2D eigenvalue weighted by molar-refractivity contribution is 5.31. The van der Waals surface area contributed by atoms with Crippen LogP contribution in [0.15, 0.2) is 30.3 Å². The molecule has 186 valence electrons. The Labute approximate surface area is 195 Å². The van der Waals surface area contributed by atoms with E-state index in [9.17, 15) is 26.3 Å². The molecule has 1 saturated carbocycles. The van der Waals surface area contributed by atoms with Crippen LogP contribution >= 0.6 is 0 Å². The molecular formula is C26H28F6O2. The molecule has 0 radical (unpaired) electrons. The number of rotatable bonds is 7. The fraction of sp³-hybridized carbons (Fsp3) is 0.538. The van der Waals surface area contributed by atoms with Gasteiger partial charge in [0.1, 0.15) is 11.6 Å². The Kier molecular flexibility index (Phi) is 7.45. The maximum atomic E-state index is 14.7. The summed E-state index contributed by atoms with van der Waals surface area (Å²) in [5, 5.41) is 0. The van der Waals surface area contributed by atoms with Crippen molar-refractivity contribution < 1.29 is 35.8 Å². The predicted octanol–water partition coefficient (Wildman–Crippen LogP) is 7.99. The van der Waals surface area contributed by atoms with Crippen molar-refractivity contribution >= 4 is 0 Å². The third kappa shape index (κ3) is 5.37. The number of hydrogen-bond donors (Lipinski definition) is 0. The largest absolute Gasteiger partial charge is 0.429 e. The van der Waals surface area contributed by atoms with E-state index in [1.807, 2.05) is 0 Å². The summed E-state index contributed by atoms with van der Waals surface area (Å²) < 4.78 is 94.0. The highest BCUT2D eigenvalue weighted by Crippen LogP contribution is 2.42. The van der Waals surface area contributed by atoms with Crippen molar-refractivity contribution in [3.8, 4) is 5.75 Å². The molecule has 1 heterocycles. The zero-order valence-electron chi connectivity index (χ0n) is 18.9. The van der Waals surface area contributed by atoms with E-state index in [1.165, 1.54) is 6.07 Å². The summed E-state index contributed by atoms with van der Waals surface area (Å²) in [5.41, 5.74) is -0.429. The van der Waals surface area contributed by atoms with Gasteiger partial charge in [0.25, 0.3) is 0 Å². The third-order valence-corrected chi connectivity index (χ3v) is 7.03. The van der Waals surface area contributed by atoms with Crippen molar-refractivity contribution in [1.29, 1.82) is 0 Å². The van der Waals surface area contributed by atoms with Gasteiger partial charge in [-0.05, 0) is 74.5 Å². The molecule has 1 aliphatic carbocycles. The molecule has 1 aliphatic heterocycles. The molecule has 8 heteroatoms. The van der Waals surface area contributed by atoms with Crippen molar-refractivity contribution in [2.24, 2.45) is 5.92 Å². The molecule has 2 nitrogen and oxygen atoms in total. The number of hydrogen-bond acceptors (Lipinski definition) is 2. The van der Waals surface area contributed by atoms with Gasteiger partial charge in [-0.1, -0.05) is 19.4 Å². The van der Waals surface area contributed by atoms with Crippen LogP contribution in [0.4, 0.5) is 26.3 Å². The quantitative estimate of drug-likeness (QED) is 0.292. The first-order valence-corrected chi connectivity index (χ1v) is 11.8. The van der Waals surface area contributed by atoms with Crippen LogP contribution < -0.4 is 4.74 Å². The van der Waals surface area contributed by atoms with Gasteiger partial charge in [0.2, 0.25) is 0 Å². The zero-order valence-corrected chi connectivity index (χ0v) is 18.9. The normalized spacial score (nSPS) is 25.5. The van der Waals surface area contributed by atoms with Gasteiger partial charge in [-0.2, -0.15) is 8.78 Å². The Morgan fingerprint density at radius 1 is 0.882 bits per heavy atom. The Hall–Kier alpha value is -2.22. The van der Waals surface area contributed by atoms with Crippen molar-refractivity contribution in [3.05, 3.63) is 64.7 Å². The second-order valence-corrected chi connectivity index (χ2v) is 9.33. The van der Waals surface area contributed by atoms with E-state index < -0.39 is 40.7 Å². The van der Waals surface area contributed by atoms with Crippen LogP contribution in [0, 0.1) is 29.2 Å². The van der Waals surface area contributed by atoms with Gasteiger partial charge in [0.15, 0.2) is 17.5 Å². The maximum Gasteiger partial charge on any atom is 0.429 e. The fourth-order valence-corrected chi connectivity index (χ4v) is 5.25. The molecule has 2 aromatic carbocycles. The minimum absolute atomic E-state index is 0.0578. The average Bonchev–Trinajstić information content (AvgIpc) is 3.26. The van der Waals surface area contributed by atoms with E-state index in [0.717, 1.165) is 63.5 Å². The number of benzene rings is 2. The second-order valence-electron chi connectivity index (χ2n) is 9.33. The Morgan fingerprint density at radius 2 is 1.56 bits per heavy atom. The maximum absolute atomic E-state index is 14.7. The standard InChI is InChI=1S/C26H28F6O2/c1-2-3-18-9-11-24(33-18)16-6-4-15(5-7-16)17-8-10-20(21(27)12-17)26(31,32)34-19-13-22(28)25(30)23(29)14-19/h8,10,12-16,18,24H,2-7,9,11H2,1H3. The third-order valence-electron chi connectivity index (χ3n) is 7.03. The number of halogens is 6. The van der Waals surface area contributed by atoms with Crippen LogP contribution in [0.5, 0.6) is 5.75 Å². The fourth-order valence-electron chi connectivity index (χ4n) is 5.25. The Balaban J connectivity index is 1.39. The van der Waals surface area contributed by atoms with Gasteiger partial charge in [-0.15, -0.1) is 0 Å². The van der Waals surface area contributed by atoms with Crippen molar-refractivity contribution in [2.75, 3.05) is 0 Å². The minimum atomic E-state index is -4.20. The van der Waals surface area contributed by atoms with Crippen LogP contribution in [0.1, 0.15) is 75.3 Å². The van der Waals surface area contributed by atoms with E-state index in [-0.39, 0.29) is 24.2 Å². The van der Waals surface area contributed by atoms with E-state index in [4.69, 9.17) is 4.74 Å². The lowest BCUT2D eigenvalue weighted by Crippen LogP contribution is -2.26. The summed E-state index contributed by atoms with van der Waals surface area (Å²) >= 11 is 0. The van der Waals surface area contributed by atoms with Gasteiger partial charge >= 0.3 is 6.11 Å². The molecule has 34 heavy (non-hydrogen) atoms. The molecule has 2 aromatic rings. The van der Waals surface area contributed by atoms with Gasteiger partial charge in [0, 0.05) is 12.1 Å². The molecule has 0 N–H and O–H groups in total.